The van der Waals surface area contributed by atoms with Crippen LogP contribution in [0.1, 0.15) is 0 Å². The molecule has 0 aromatic carbocycles. The minimum absolute atomic E-state index is 0.801. The van der Waals surface area contributed by atoms with Crippen LogP contribution in [-0.2, 0) is 10.0 Å². The predicted molar refractivity (Wildman–Crippen MR) is 14.2 cm³/mol. The van der Waals surface area contributed by atoms with Crippen molar-refractivity contribution in [2.75, 3.05) is 0 Å². The summed E-state index contributed by atoms with van der Waals surface area (Å²) in [6.45, 7) is 2.69. The van der Waals surface area contributed by atoms with Crippen LogP contribution in [0.2, 0.25) is 0 Å². The third-order valence-electron chi connectivity index (χ3n) is 0.114. The lowest BCUT2D eigenvalue weighted by molar-refractivity contribution is -0.128. The van der Waals surface area contributed by atoms with Crippen molar-refractivity contribution < 1.29 is 10.0 Å². The fraction of sp³-hybridized carbons (Fsp3) is 0. The van der Waals surface area contributed by atoms with E-state index in [-0.39, 0.29) is 0 Å². The Balaban J connectivity index is 2.85. The molecule has 2 radical (unpaired) electrons. The molecule has 0 bridgehead atoms. The van der Waals surface area contributed by atoms with Gasteiger partial charge in [-0.1, -0.05) is 5.21 Å². The Morgan fingerprint density at radius 2 is 2.00 bits per heavy atom. The van der Waals surface area contributed by atoms with E-state index in [4.69, 9.17) is 5.21 Å². The monoisotopic (exact) mass is 73.0 g/mol. The highest BCUT2D eigenvalue weighted by Gasteiger charge is 1.77. The van der Waals surface area contributed by atoms with Crippen LogP contribution in [0.25, 0.3) is 0 Å². The van der Waals surface area contributed by atoms with Crippen molar-refractivity contribution in [2.45, 2.75) is 0 Å². The number of carbonyl (C=O) groups is 1. The third-order valence-corrected chi connectivity index (χ3v) is 0.114. The molecule has 0 rings (SSSR count). The molecule has 0 aromatic rings. The summed E-state index contributed by atoms with van der Waals surface area (Å²) in [5.41, 5.74) is 1.03. The Morgan fingerprint density at radius 3 is 2.00 bits per heavy atom. The summed E-state index contributed by atoms with van der Waals surface area (Å²) in [6, 6.07) is 0. The van der Waals surface area contributed by atoms with Crippen LogP contribution in [0.5, 0.6) is 0 Å². The zero-order valence-electron chi connectivity index (χ0n) is 2.52. The second kappa shape index (κ2) is 1.72. The lowest BCUT2D eigenvalue weighted by Gasteiger charge is -1.74. The molecule has 0 unspecified atom stereocenters. The smallest absolute Gasteiger partial charge is 0.246 e. The number of hydroxylamine groups is 1. The van der Waals surface area contributed by atoms with Crippen LogP contribution in [0.15, 0.2) is 0 Å². The first-order chi connectivity index (χ1) is 2.27. The molecule has 0 aliphatic carbocycles. The van der Waals surface area contributed by atoms with Crippen LogP contribution in [-0.4, -0.2) is 5.91 Å². The van der Waals surface area contributed by atoms with Gasteiger partial charge in [0.2, 0.25) is 5.91 Å². The minimum Gasteiger partial charge on any atom is -0.273 e. The molecule has 0 fully saturated rings. The Hall–Kier alpha value is -0.570. The molecule has 1 amide bonds. The van der Waals surface area contributed by atoms with E-state index in [1.165, 1.54) is 0 Å². The molecular weight excluding hydrogens is 70.0 g/mol. The van der Waals surface area contributed by atoms with Crippen molar-refractivity contribution in [3.63, 3.8) is 0 Å². The van der Waals surface area contributed by atoms with Gasteiger partial charge >= 0.3 is 0 Å². The average molecular weight is 73.1 g/mol. The Bertz CT molecular complexity index is 42.9. The molecule has 0 aromatic heterocycles. The van der Waals surface area contributed by atoms with E-state index in [0.29, 0.717) is 0 Å². The van der Waals surface area contributed by atoms with Crippen LogP contribution in [0, 0.1) is 6.92 Å². The minimum atomic E-state index is -0.801. The molecule has 0 aliphatic rings. The summed E-state index contributed by atoms with van der Waals surface area (Å²) < 4.78 is 0. The maximum absolute atomic E-state index is 9.28. The Morgan fingerprint density at radius 1 is 1.80 bits per heavy atom. The lowest BCUT2D eigenvalue weighted by atomic mass is 10.8. The lowest BCUT2D eigenvalue weighted by Crippen LogP contribution is -2.11. The normalized spacial score (nSPS) is 6.80. The van der Waals surface area contributed by atoms with Gasteiger partial charge in [0.15, 0.2) is 0 Å². The molecule has 1 N–H and O–H groups in total. The molecule has 0 heterocycles. The molecule has 0 aliphatic heterocycles. The summed E-state index contributed by atoms with van der Waals surface area (Å²) in [5, 5.41) is 8.97. The molecular formula is C2H3NO2. The maximum Gasteiger partial charge on any atom is 0.246 e. The van der Waals surface area contributed by atoms with Gasteiger partial charge in [0, 0.05) is 6.92 Å². The number of rotatable bonds is 0. The van der Waals surface area contributed by atoms with Crippen molar-refractivity contribution in [3.8, 4) is 0 Å². The number of hydrogen-bond donors (Lipinski definition) is 1. The zero-order chi connectivity index (χ0) is 4.28. The van der Waals surface area contributed by atoms with Gasteiger partial charge in [-0.15, -0.1) is 0 Å². The molecule has 0 saturated carbocycles. The van der Waals surface area contributed by atoms with Crippen molar-refractivity contribution in [3.05, 3.63) is 6.92 Å². The number of hydrogen-bond acceptors (Lipinski definition) is 1. The van der Waals surface area contributed by atoms with Gasteiger partial charge in [-0.05, 0) is 0 Å². The van der Waals surface area contributed by atoms with E-state index in [0.717, 1.165) is 5.48 Å². The largest absolute Gasteiger partial charge is 0.273 e. The van der Waals surface area contributed by atoms with Gasteiger partial charge < -0.3 is 0 Å². The summed E-state index contributed by atoms with van der Waals surface area (Å²) in [7, 11) is 0. The van der Waals surface area contributed by atoms with E-state index in [9.17, 15) is 4.79 Å². The third kappa shape index (κ3) is 3.43. The quantitative estimate of drug-likeness (QED) is 0.378. The van der Waals surface area contributed by atoms with E-state index in [1.54, 1.807) is 0 Å². The first-order valence-corrected chi connectivity index (χ1v) is 1.01. The molecule has 5 heavy (non-hydrogen) atoms. The molecule has 3 nitrogen and oxygen atoms in total. The summed E-state index contributed by atoms with van der Waals surface area (Å²) in [5.74, 6) is -0.801. The second-order valence-electron chi connectivity index (χ2n) is 0.525. The average Bonchev–Trinajstić information content (AvgIpc) is 1.38. The van der Waals surface area contributed by atoms with Crippen molar-refractivity contribution in [1.82, 2.24) is 5.48 Å². The van der Waals surface area contributed by atoms with E-state index < -0.39 is 5.91 Å². The van der Waals surface area contributed by atoms with Crippen LogP contribution in [0.4, 0.5) is 0 Å². The fourth-order valence-electron chi connectivity index (χ4n) is 0. The fourth-order valence-corrected chi connectivity index (χ4v) is 0. The SMILES string of the molecule is [CH2]C(=O)N[O]. The van der Waals surface area contributed by atoms with E-state index in [1.807, 2.05) is 0 Å². The van der Waals surface area contributed by atoms with Gasteiger partial charge in [-0.3, -0.25) is 4.79 Å². The van der Waals surface area contributed by atoms with Gasteiger partial charge in [0.05, 0.1) is 0 Å². The van der Waals surface area contributed by atoms with Gasteiger partial charge in [-0.25, -0.2) is 5.48 Å². The highest BCUT2D eigenvalue weighted by molar-refractivity contribution is 5.78. The van der Waals surface area contributed by atoms with Gasteiger partial charge in [-0.2, -0.15) is 0 Å². The van der Waals surface area contributed by atoms with Gasteiger partial charge in [0.1, 0.15) is 0 Å². The highest BCUT2D eigenvalue weighted by atomic mass is 16.5. The molecule has 0 spiro atoms. The highest BCUT2D eigenvalue weighted by Crippen LogP contribution is 1.44. The first kappa shape index (κ1) is 4.43. The van der Waals surface area contributed by atoms with Crippen molar-refractivity contribution in [2.24, 2.45) is 0 Å². The second-order valence-corrected chi connectivity index (χ2v) is 0.525. The molecule has 0 atom stereocenters. The first-order valence-electron chi connectivity index (χ1n) is 1.01. The Kier molecular flexibility index (Phi) is 1.53. The molecule has 28 valence electrons. The van der Waals surface area contributed by atoms with Crippen molar-refractivity contribution in [1.29, 1.82) is 0 Å². The number of amides is 1. The van der Waals surface area contributed by atoms with Crippen LogP contribution in [0.3, 0.4) is 0 Å². The number of nitrogens with one attached hydrogen (secondary N) is 1. The summed E-state index contributed by atoms with van der Waals surface area (Å²) in [6.07, 6.45) is 0. The maximum atomic E-state index is 9.28. The Labute approximate surface area is 29.6 Å². The van der Waals surface area contributed by atoms with Crippen LogP contribution < -0.4 is 5.48 Å². The van der Waals surface area contributed by atoms with E-state index >= 15 is 0 Å². The number of carbonyl (C=O) groups excluding carboxylic acids is 1. The standard InChI is InChI=1S/C2H3NO2/c1-2(4)3-5/h1H2,(H,3,4). The summed E-state index contributed by atoms with van der Waals surface area (Å²) >= 11 is 0. The van der Waals surface area contributed by atoms with E-state index in [2.05, 4.69) is 6.92 Å². The predicted octanol–water partition coefficient (Wildman–Crippen LogP) is -0.718. The molecule has 0 saturated heterocycles. The van der Waals surface area contributed by atoms with Crippen LogP contribution >= 0.6 is 0 Å². The van der Waals surface area contributed by atoms with Crippen molar-refractivity contribution >= 4 is 5.91 Å². The zero-order valence-corrected chi connectivity index (χ0v) is 2.52. The summed E-state index contributed by atoms with van der Waals surface area (Å²) in [4.78, 5) is 9.28. The van der Waals surface area contributed by atoms with Gasteiger partial charge in [0.25, 0.3) is 0 Å². The molecule has 3 heteroatoms. The topological polar surface area (TPSA) is 49.0 Å².